The lowest BCUT2D eigenvalue weighted by Gasteiger charge is -2.21. The summed E-state index contributed by atoms with van der Waals surface area (Å²) in [6.07, 6.45) is -0.388. The lowest BCUT2D eigenvalue weighted by atomic mass is 10.0. The molecular weight excluding hydrogens is 457 g/mol. The number of fused-ring (bicyclic) bond motifs is 2. The Kier molecular flexibility index (Phi) is 5.35. The summed E-state index contributed by atoms with van der Waals surface area (Å²) in [6, 6.07) is 9.95. The van der Waals surface area contributed by atoms with Gasteiger partial charge in [-0.2, -0.15) is 0 Å². The van der Waals surface area contributed by atoms with Crippen LogP contribution in [-0.4, -0.2) is 53.0 Å². The maximum atomic E-state index is 12.9. The van der Waals surface area contributed by atoms with E-state index in [4.69, 9.17) is 32.4 Å². The standard InChI is InChI=1S/C22H19Cl2N3O5/c23-16-3-12(4-17(24)6-16)11-31-22(30)27-9-14-7-26(8-15(14)10-27)20(28)13-1-2-18-19(5-13)32-21(29)25-18/h1-6,14-15H,7-11H2,(H,25,29)/t14-,15+. The van der Waals surface area contributed by atoms with Gasteiger partial charge in [-0.1, -0.05) is 23.2 Å². The molecule has 32 heavy (non-hydrogen) atoms. The van der Waals surface area contributed by atoms with Gasteiger partial charge >= 0.3 is 11.8 Å². The largest absolute Gasteiger partial charge is 0.445 e. The third kappa shape index (κ3) is 4.08. The number of aromatic nitrogens is 1. The lowest BCUT2D eigenvalue weighted by Crippen LogP contribution is -2.35. The van der Waals surface area contributed by atoms with Crippen molar-refractivity contribution in [3.8, 4) is 0 Å². The Bertz CT molecular complexity index is 1240. The van der Waals surface area contributed by atoms with Crippen LogP contribution in [0.15, 0.2) is 45.6 Å². The Balaban J connectivity index is 1.17. The molecule has 2 atom stereocenters. The molecule has 1 aromatic heterocycles. The van der Waals surface area contributed by atoms with Gasteiger partial charge in [0.15, 0.2) is 5.58 Å². The van der Waals surface area contributed by atoms with Crippen LogP contribution in [0.4, 0.5) is 4.79 Å². The molecule has 3 aromatic rings. The van der Waals surface area contributed by atoms with Crippen molar-refractivity contribution in [1.29, 1.82) is 0 Å². The summed E-state index contributed by atoms with van der Waals surface area (Å²) in [5.41, 5.74) is 2.10. The molecule has 2 amide bonds. The predicted molar refractivity (Wildman–Crippen MR) is 118 cm³/mol. The van der Waals surface area contributed by atoms with Gasteiger partial charge in [-0.25, -0.2) is 9.59 Å². The Labute approximate surface area is 192 Å². The van der Waals surface area contributed by atoms with Gasteiger partial charge in [-0.15, -0.1) is 0 Å². The maximum Gasteiger partial charge on any atom is 0.417 e. The van der Waals surface area contributed by atoms with Crippen LogP contribution in [0.25, 0.3) is 11.1 Å². The molecule has 2 aliphatic rings. The van der Waals surface area contributed by atoms with Crippen LogP contribution in [0.1, 0.15) is 15.9 Å². The fraction of sp³-hybridized carbons (Fsp3) is 0.318. The van der Waals surface area contributed by atoms with Crippen molar-refractivity contribution < 1.29 is 18.7 Å². The number of hydrogen-bond donors (Lipinski definition) is 1. The molecule has 5 rings (SSSR count). The molecule has 8 nitrogen and oxygen atoms in total. The number of amides is 2. The molecule has 166 valence electrons. The van der Waals surface area contributed by atoms with Crippen LogP contribution in [0.3, 0.4) is 0 Å². The van der Waals surface area contributed by atoms with Crippen molar-refractivity contribution in [1.82, 2.24) is 14.8 Å². The molecule has 0 spiro atoms. The minimum Gasteiger partial charge on any atom is -0.445 e. The lowest BCUT2D eigenvalue weighted by molar-refractivity contribution is 0.0764. The average molecular weight is 476 g/mol. The molecule has 2 aliphatic heterocycles. The molecular formula is C22H19Cl2N3O5. The number of oxazole rings is 1. The Morgan fingerprint density at radius 3 is 2.34 bits per heavy atom. The van der Waals surface area contributed by atoms with E-state index in [2.05, 4.69) is 4.98 Å². The van der Waals surface area contributed by atoms with Gasteiger partial charge in [-0.3, -0.25) is 9.78 Å². The Morgan fingerprint density at radius 2 is 1.66 bits per heavy atom. The summed E-state index contributed by atoms with van der Waals surface area (Å²) in [5.74, 6) is -0.273. The third-order valence-electron chi connectivity index (χ3n) is 5.98. The number of H-pyrrole nitrogens is 1. The summed E-state index contributed by atoms with van der Waals surface area (Å²) >= 11 is 12.0. The Morgan fingerprint density at radius 1 is 1.00 bits per heavy atom. The van der Waals surface area contributed by atoms with Gasteiger partial charge in [0.2, 0.25) is 0 Å². The van der Waals surface area contributed by atoms with E-state index in [1.165, 1.54) is 0 Å². The summed E-state index contributed by atoms with van der Waals surface area (Å²) in [7, 11) is 0. The topological polar surface area (TPSA) is 95.9 Å². The first-order chi connectivity index (χ1) is 15.4. The number of carbonyl (C=O) groups excluding carboxylic acids is 2. The van der Waals surface area contributed by atoms with Crippen LogP contribution < -0.4 is 5.76 Å². The van der Waals surface area contributed by atoms with Crippen molar-refractivity contribution in [2.45, 2.75) is 6.61 Å². The molecule has 0 aliphatic carbocycles. The molecule has 10 heteroatoms. The average Bonchev–Trinajstić information content (AvgIpc) is 3.42. The number of halogens is 2. The number of hydrogen-bond acceptors (Lipinski definition) is 5. The van der Waals surface area contributed by atoms with E-state index in [-0.39, 0.29) is 30.4 Å². The van der Waals surface area contributed by atoms with Crippen molar-refractivity contribution in [2.75, 3.05) is 26.2 Å². The maximum absolute atomic E-state index is 12.9. The number of nitrogens with zero attached hydrogens (tertiary/aromatic N) is 2. The van der Waals surface area contributed by atoms with Gasteiger partial charge in [0.25, 0.3) is 5.91 Å². The van der Waals surface area contributed by atoms with Gasteiger partial charge in [0, 0.05) is 53.6 Å². The summed E-state index contributed by atoms with van der Waals surface area (Å²) in [4.78, 5) is 42.8. The number of ether oxygens (including phenoxy) is 1. The quantitative estimate of drug-likeness (QED) is 0.621. The summed E-state index contributed by atoms with van der Waals surface area (Å²) in [5, 5.41) is 0.976. The molecule has 2 saturated heterocycles. The zero-order chi connectivity index (χ0) is 22.4. The number of benzene rings is 2. The van der Waals surface area contributed by atoms with E-state index >= 15 is 0 Å². The zero-order valence-electron chi connectivity index (χ0n) is 16.8. The zero-order valence-corrected chi connectivity index (χ0v) is 18.4. The summed E-state index contributed by atoms with van der Waals surface area (Å²) < 4.78 is 10.5. The highest BCUT2D eigenvalue weighted by molar-refractivity contribution is 6.34. The Hall–Kier alpha value is -2.97. The van der Waals surface area contributed by atoms with Crippen molar-refractivity contribution in [3.05, 3.63) is 68.1 Å². The molecule has 0 radical (unpaired) electrons. The normalized spacial score (nSPS) is 20.1. The minimum absolute atomic E-state index is 0.0906. The SMILES string of the molecule is O=C(OCc1cc(Cl)cc(Cl)c1)N1C[C@@H]2CN(C(=O)c3ccc4[nH]c(=O)oc4c3)C[C@@H]2C1. The molecule has 2 fully saturated rings. The molecule has 2 aromatic carbocycles. The van der Waals surface area contributed by atoms with E-state index in [0.29, 0.717) is 52.9 Å². The fourth-order valence-corrected chi connectivity index (χ4v) is 5.07. The second-order valence-corrected chi connectivity index (χ2v) is 9.07. The fourth-order valence-electron chi connectivity index (χ4n) is 4.50. The van der Waals surface area contributed by atoms with Gasteiger partial charge in [0.05, 0.1) is 5.52 Å². The van der Waals surface area contributed by atoms with Crippen molar-refractivity contribution >= 4 is 46.3 Å². The van der Waals surface area contributed by atoms with Crippen molar-refractivity contribution in [2.24, 2.45) is 11.8 Å². The van der Waals surface area contributed by atoms with E-state index in [1.54, 1.807) is 46.2 Å². The second-order valence-electron chi connectivity index (χ2n) is 8.19. The van der Waals surface area contributed by atoms with Crippen LogP contribution in [0.2, 0.25) is 10.0 Å². The first kappa shape index (κ1) is 20.9. The first-order valence-electron chi connectivity index (χ1n) is 10.1. The highest BCUT2D eigenvalue weighted by atomic mass is 35.5. The van der Waals surface area contributed by atoms with Crippen LogP contribution in [-0.2, 0) is 11.3 Å². The first-order valence-corrected chi connectivity index (χ1v) is 10.9. The number of likely N-dealkylation sites (tertiary alicyclic amines) is 2. The monoisotopic (exact) mass is 475 g/mol. The van der Waals surface area contributed by atoms with E-state index in [9.17, 15) is 14.4 Å². The molecule has 0 saturated carbocycles. The minimum atomic E-state index is -0.550. The van der Waals surface area contributed by atoms with Crippen LogP contribution >= 0.6 is 23.2 Å². The van der Waals surface area contributed by atoms with E-state index in [0.717, 1.165) is 5.56 Å². The van der Waals surface area contributed by atoms with E-state index in [1.807, 2.05) is 0 Å². The molecule has 0 unspecified atom stereocenters. The van der Waals surface area contributed by atoms with Gasteiger partial charge in [0.1, 0.15) is 6.61 Å². The van der Waals surface area contributed by atoms with Crippen LogP contribution in [0, 0.1) is 11.8 Å². The highest BCUT2D eigenvalue weighted by Gasteiger charge is 2.43. The number of nitrogens with one attached hydrogen (secondary N) is 1. The molecule has 1 N–H and O–H groups in total. The highest BCUT2D eigenvalue weighted by Crippen LogP contribution is 2.32. The number of rotatable bonds is 3. The second kappa shape index (κ2) is 8.18. The molecule has 0 bridgehead atoms. The number of aromatic amines is 1. The van der Waals surface area contributed by atoms with Gasteiger partial charge < -0.3 is 19.0 Å². The van der Waals surface area contributed by atoms with Gasteiger partial charge in [-0.05, 0) is 42.0 Å². The predicted octanol–water partition coefficient (Wildman–Crippen LogP) is 3.77. The smallest absolute Gasteiger partial charge is 0.417 e. The molecule has 3 heterocycles. The summed E-state index contributed by atoms with van der Waals surface area (Å²) in [6.45, 7) is 2.29. The third-order valence-corrected chi connectivity index (χ3v) is 6.42. The van der Waals surface area contributed by atoms with E-state index < -0.39 is 5.76 Å². The number of carbonyl (C=O) groups is 2. The van der Waals surface area contributed by atoms with Crippen LogP contribution in [0.5, 0.6) is 0 Å². The van der Waals surface area contributed by atoms with Crippen molar-refractivity contribution in [3.63, 3.8) is 0 Å².